The molecule has 8 nitrogen and oxygen atoms in total. The Morgan fingerprint density at radius 1 is 1.18 bits per heavy atom. The van der Waals surface area contributed by atoms with E-state index >= 15 is 0 Å². The zero-order valence-electron chi connectivity index (χ0n) is 23.2. The maximum Gasteiger partial charge on any atom is 0.254 e. The van der Waals surface area contributed by atoms with Gasteiger partial charge in [0.25, 0.3) is 11.5 Å². The minimum atomic E-state index is -0.180. The number of pyridine rings is 1. The number of piperidine rings is 1. The Morgan fingerprint density at radius 3 is 2.62 bits per heavy atom. The molecule has 2 aliphatic heterocycles. The van der Waals surface area contributed by atoms with Gasteiger partial charge in [0.05, 0.1) is 18.1 Å². The van der Waals surface area contributed by atoms with Gasteiger partial charge < -0.3 is 24.5 Å². The molecule has 2 aromatic heterocycles. The van der Waals surface area contributed by atoms with Crippen molar-refractivity contribution in [1.82, 2.24) is 19.8 Å². The van der Waals surface area contributed by atoms with Crippen LogP contribution in [0.1, 0.15) is 59.5 Å². The molecule has 0 unspecified atom stereocenters. The number of fused-ring (bicyclic) bond motifs is 1. The molecule has 0 bridgehead atoms. The van der Waals surface area contributed by atoms with Crippen molar-refractivity contribution >= 4 is 34.5 Å². The number of amides is 2. The fourth-order valence-corrected chi connectivity index (χ4v) is 7.00. The van der Waals surface area contributed by atoms with E-state index in [4.69, 9.17) is 4.74 Å². The highest BCUT2D eigenvalue weighted by Crippen LogP contribution is 2.36. The molecule has 39 heavy (non-hydrogen) atoms. The number of thioether (sulfide) groups is 1. The van der Waals surface area contributed by atoms with E-state index in [9.17, 15) is 14.4 Å². The van der Waals surface area contributed by atoms with Crippen molar-refractivity contribution in [1.29, 1.82) is 0 Å². The van der Waals surface area contributed by atoms with Crippen LogP contribution in [-0.4, -0.2) is 58.8 Å². The average molecular weight is 551 g/mol. The SMILES string of the molecule is CSc1cc(C)[nH]c(=O)c1CNC(=O)c1c(C)n([C@@H](C)C2CCN(C(=O)[C@H]3CCOC3)CC2)c2ccccc12. The van der Waals surface area contributed by atoms with Gasteiger partial charge in [-0.25, -0.2) is 0 Å². The van der Waals surface area contributed by atoms with Crippen molar-refractivity contribution in [3.63, 3.8) is 0 Å². The van der Waals surface area contributed by atoms with Gasteiger partial charge in [0.1, 0.15) is 0 Å². The molecule has 2 saturated heterocycles. The van der Waals surface area contributed by atoms with Crippen molar-refractivity contribution in [2.45, 2.75) is 57.5 Å². The van der Waals surface area contributed by atoms with E-state index in [0.717, 1.165) is 59.5 Å². The molecule has 9 heteroatoms. The second-order valence-corrected chi connectivity index (χ2v) is 11.7. The fourth-order valence-electron chi connectivity index (χ4n) is 6.30. The molecule has 5 rings (SSSR count). The standard InChI is InChI=1S/C30H38N4O4S/c1-18-15-26(39-4)24(28(35)32-18)16-31-29(36)27-20(3)34(25-8-6-5-7-23(25)27)19(2)21-9-12-33(13-10-21)30(37)22-11-14-38-17-22/h5-8,15,19,21-22H,9-14,16-17H2,1-4H3,(H,31,36)(H,32,35)/t19-,22-/m0/s1. The largest absolute Gasteiger partial charge is 0.381 e. The Hall–Kier alpha value is -3.04. The van der Waals surface area contributed by atoms with Crippen LogP contribution in [0.2, 0.25) is 0 Å². The summed E-state index contributed by atoms with van der Waals surface area (Å²) in [5.41, 5.74) is 3.81. The summed E-state index contributed by atoms with van der Waals surface area (Å²) in [6.07, 6.45) is 4.62. The summed E-state index contributed by atoms with van der Waals surface area (Å²) in [6, 6.07) is 10.1. The zero-order valence-corrected chi connectivity index (χ0v) is 24.0. The van der Waals surface area contributed by atoms with E-state index in [1.807, 2.05) is 49.3 Å². The molecule has 2 N–H and O–H groups in total. The van der Waals surface area contributed by atoms with Crippen molar-refractivity contribution in [3.8, 4) is 0 Å². The Balaban J connectivity index is 1.35. The third kappa shape index (κ3) is 5.39. The Labute approximate surface area is 233 Å². The van der Waals surface area contributed by atoms with Crippen molar-refractivity contribution < 1.29 is 14.3 Å². The normalized spacial score (nSPS) is 19.0. The first kappa shape index (κ1) is 27.5. The van der Waals surface area contributed by atoms with Crippen molar-refractivity contribution in [3.05, 3.63) is 63.2 Å². The molecule has 0 radical (unpaired) electrons. The molecule has 2 atom stereocenters. The van der Waals surface area contributed by atoms with Gasteiger partial charge in [-0.2, -0.15) is 0 Å². The van der Waals surface area contributed by atoms with Crippen LogP contribution in [-0.2, 0) is 16.1 Å². The molecular weight excluding hydrogens is 512 g/mol. The van der Waals surface area contributed by atoms with E-state index in [-0.39, 0.29) is 35.9 Å². The summed E-state index contributed by atoms with van der Waals surface area (Å²) in [5, 5.41) is 3.93. The molecule has 0 spiro atoms. The second-order valence-electron chi connectivity index (χ2n) is 10.8. The van der Waals surface area contributed by atoms with Gasteiger partial charge in [-0.1, -0.05) is 18.2 Å². The van der Waals surface area contributed by atoms with Crippen LogP contribution in [0.4, 0.5) is 0 Å². The minimum absolute atomic E-state index is 0.0122. The minimum Gasteiger partial charge on any atom is -0.381 e. The average Bonchev–Trinajstić information content (AvgIpc) is 3.57. The third-order valence-electron chi connectivity index (χ3n) is 8.48. The number of benzene rings is 1. The predicted octanol–water partition coefficient (Wildman–Crippen LogP) is 4.43. The van der Waals surface area contributed by atoms with E-state index in [1.165, 1.54) is 11.8 Å². The third-order valence-corrected chi connectivity index (χ3v) is 9.28. The van der Waals surface area contributed by atoms with Crippen LogP contribution in [0.5, 0.6) is 0 Å². The lowest BCUT2D eigenvalue weighted by Gasteiger charge is -2.37. The molecule has 0 aliphatic carbocycles. The van der Waals surface area contributed by atoms with Crippen LogP contribution in [0.15, 0.2) is 40.0 Å². The number of hydrogen-bond acceptors (Lipinski definition) is 5. The maximum atomic E-state index is 13.6. The smallest absolute Gasteiger partial charge is 0.254 e. The number of nitrogens with one attached hydrogen (secondary N) is 2. The van der Waals surface area contributed by atoms with Crippen LogP contribution < -0.4 is 10.9 Å². The Bertz CT molecular complexity index is 1430. The molecule has 1 aromatic carbocycles. The summed E-state index contributed by atoms with van der Waals surface area (Å²) < 4.78 is 7.72. The molecule has 2 aliphatic rings. The van der Waals surface area contributed by atoms with Crippen LogP contribution in [0.25, 0.3) is 10.9 Å². The topological polar surface area (TPSA) is 96.4 Å². The Kier molecular flexibility index (Phi) is 8.19. The highest BCUT2D eigenvalue weighted by atomic mass is 32.2. The highest BCUT2D eigenvalue weighted by molar-refractivity contribution is 7.98. The summed E-state index contributed by atoms with van der Waals surface area (Å²) >= 11 is 1.50. The number of nitrogens with zero attached hydrogens (tertiary/aromatic N) is 2. The number of likely N-dealkylation sites (tertiary alicyclic amines) is 1. The molecular formula is C30H38N4O4S. The number of hydrogen-bond donors (Lipinski definition) is 2. The summed E-state index contributed by atoms with van der Waals surface area (Å²) in [5.74, 6) is 0.464. The summed E-state index contributed by atoms with van der Waals surface area (Å²) in [4.78, 5) is 44.8. The molecule has 2 amide bonds. The van der Waals surface area contributed by atoms with Gasteiger partial charge in [0, 0.05) is 65.0 Å². The number of aryl methyl sites for hydroxylation is 1. The molecule has 208 valence electrons. The van der Waals surface area contributed by atoms with E-state index in [1.54, 1.807) is 0 Å². The summed E-state index contributed by atoms with van der Waals surface area (Å²) in [6.45, 7) is 9.01. The first-order valence-corrected chi connectivity index (χ1v) is 15.0. The lowest BCUT2D eigenvalue weighted by atomic mass is 9.89. The van der Waals surface area contributed by atoms with E-state index in [2.05, 4.69) is 27.9 Å². The van der Waals surface area contributed by atoms with Gasteiger partial charge in [-0.15, -0.1) is 11.8 Å². The highest BCUT2D eigenvalue weighted by Gasteiger charge is 2.33. The van der Waals surface area contributed by atoms with Crippen LogP contribution >= 0.6 is 11.8 Å². The lowest BCUT2D eigenvalue weighted by molar-refractivity contribution is -0.137. The number of rotatable bonds is 7. The quantitative estimate of drug-likeness (QED) is 0.424. The number of carbonyl (C=O) groups excluding carboxylic acids is 2. The maximum absolute atomic E-state index is 13.6. The first-order chi connectivity index (χ1) is 18.8. The van der Waals surface area contributed by atoms with Crippen molar-refractivity contribution in [2.75, 3.05) is 32.6 Å². The van der Waals surface area contributed by atoms with E-state index < -0.39 is 0 Å². The van der Waals surface area contributed by atoms with Gasteiger partial charge >= 0.3 is 0 Å². The second kappa shape index (κ2) is 11.6. The number of aromatic nitrogens is 2. The zero-order chi connectivity index (χ0) is 27.7. The summed E-state index contributed by atoms with van der Waals surface area (Å²) in [7, 11) is 0. The lowest BCUT2D eigenvalue weighted by Crippen LogP contribution is -2.43. The number of para-hydroxylation sites is 1. The molecule has 0 saturated carbocycles. The van der Waals surface area contributed by atoms with Gasteiger partial charge in [0.2, 0.25) is 5.91 Å². The first-order valence-electron chi connectivity index (χ1n) is 13.8. The number of H-pyrrole nitrogens is 1. The molecule has 4 heterocycles. The van der Waals surface area contributed by atoms with Gasteiger partial charge in [0.15, 0.2) is 0 Å². The van der Waals surface area contributed by atoms with Gasteiger partial charge in [-0.3, -0.25) is 14.4 Å². The molecule has 3 aromatic rings. The molecule has 2 fully saturated rings. The van der Waals surface area contributed by atoms with Gasteiger partial charge in [-0.05, 0) is 64.3 Å². The monoisotopic (exact) mass is 550 g/mol. The van der Waals surface area contributed by atoms with Crippen LogP contribution in [0.3, 0.4) is 0 Å². The Morgan fingerprint density at radius 2 is 1.92 bits per heavy atom. The predicted molar refractivity (Wildman–Crippen MR) is 154 cm³/mol. The van der Waals surface area contributed by atoms with Crippen molar-refractivity contribution in [2.24, 2.45) is 11.8 Å². The fraction of sp³-hybridized carbons (Fsp3) is 0.500. The van der Waals surface area contributed by atoms with Crippen LogP contribution in [0, 0.1) is 25.7 Å². The number of ether oxygens (including phenoxy) is 1. The van der Waals surface area contributed by atoms with E-state index in [0.29, 0.717) is 30.3 Å². The number of carbonyl (C=O) groups is 2. The number of aromatic amines is 1.